The van der Waals surface area contributed by atoms with Gasteiger partial charge >= 0.3 is 0 Å². The van der Waals surface area contributed by atoms with Gasteiger partial charge < -0.3 is 9.84 Å². The van der Waals surface area contributed by atoms with Gasteiger partial charge in [-0.3, -0.25) is 5.32 Å². The minimum Gasteiger partial charge on any atom is -0.476 e. The van der Waals surface area contributed by atoms with E-state index in [1.165, 1.54) is 0 Å². The van der Waals surface area contributed by atoms with Crippen LogP contribution in [-0.2, 0) is 0 Å². The van der Waals surface area contributed by atoms with Gasteiger partial charge in [0.25, 0.3) is 0 Å². The third kappa shape index (κ3) is 5.44. The van der Waals surface area contributed by atoms with Crippen molar-refractivity contribution in [3.05, 3.63) is 28.8 Å². The smallest absolute Gasteiger partial charge is 0.147 e. The fraction of sp³-hybridized carbons (Fsp3) is 0.538. The molecular formula is C13H21Cl2NO2. The Hall–Kier alpha value is -0.480. The van der Waals surface area contributed by atoms with E-state index in [1.807, 2.05) is 39.0 Å². The maximum atomic E-state index is 9.09. The maximum Gasteiger partial charge on any atom is 0.147 e. The van der Waals surface area contributed by atoms with Crippen LogP contribution in [0.1, 0.15) is 25.8 Å². The highest BCUT2D eigenvalue weighted by Crippen LogP contribution is 2.21. The normalized spacial score (nSPS) is 13.6. The van der Waals surface area contributed by atoms with Gasteiger partial charge in [-0.05, 0) is 44.0 Å². The van der Waals surface area contributed by atoms with E-state index in [2.05, 4.69) is 5.32 Å². The molecule has 1 aromatic rings. The molecule has 104 valence electrons. The first kappa shape index (κ1) is 17.5. The predicted octanol–water partition coefficient (Wildman–Crippen LogP) is 3.16. The summed E-state index contributed by atoms with van der Waals surface area (Å²) in [7, 11) is 0. The van der Waals surface area contributed by atoms with Crippen molar-refractivity contribution in [3.8, 4) is 5.75 Å². The second kappa shape index (κ2) is 8.59. The van der Waals surface area contributed by atoms with Crippen LogP contribution in [0.2, 0.25) is 5.02 Å². The zero-order chi connectivity index (χ0) is 12.8. The highest BCUT2D eigenvalue weighted by molar-refractivity contribution is 6.31. The number of benzene rings is 1. The minimum absolute atomic E-state index is 0. The predicted molar refractivity (Wildman–Crippen MR) is 77.8 cm³/mol. The second-order valence-corrected chi connectivity index (χ2v) is 4.53. The van der Waals surface area contributed by atoms with Gasteiger partial charge in [-0.1, -0.05) is 18.5 Å². The zero-order valence-electron chi connectivity index (χ0n) is 10.9. The molecule has 18 heavy (non-hydrogen) atoms. The highest BCUT2D eigenvalue weighted by atomic mass is 35.5. The van der Waals surface area contributed by atoms with Crippen LogP contribution in [-0.4, -0.2) is 24.0 Å². The fourth-order valence-corrected chi connectivity index (χ4v) is 1.68. The zero-order valence-corrected chi connectivity index (χ0v) is 12.5. The lowest BCUT2D eigenvalue weighted by atomic mass is 10.2. The molecule has 3 nitrogen and oxygen atoms in total. The molecule has 1 unspecified atom stereocenters. The lowest BCUT2D eigenvalue weighted by Crippen LogP contribution is -2.41. The van der Waals surface area contributed by atoms with E-state index < -0.39 is 0 Å². The van der Waals surface area contributed by atoms with Crippen molar-refractivity contribution in [2.75, 3.05) is 6.61 Å². The van der Waals surface area contributed by atoms with E-state index in [9.17, 15) is 0 Å². The third-order valence-electron chi connectivity index (χ3n) is 2.63. The summed E-state index contributed by atoms with van der Waals surface area (Å²) < 4.78 is 5.70. The maximum absolute atomic E-state index is 9.09. The summed E-state index contributed by atoms with van der Waals surface area (Å²) >= 11 is 5.94. The monoisotopic (exact) mass is 293 g/mol. The lowest BCUT2D eigenvalue weighted by Gasteiger charge is -2.21. The van der Waals surface area contributed by atoms with Gasteiger partial charge in [0.15, 0.2) is 0 Å². The number of hydrogen-bond donors (Lipinski definition) is 2. The molecule has 1 aromatic carbocycles. The van der Waals surface area contributed by atoms with Crippen LogP contribution >= 0.6 is 24.0 Å². The van der Waals surface area contributed by atoms with Gasteiger partial charge in [0, 0.05) is 11.1 Å². The number of ether oxygens (including phenoxy) is 1. The van der Waals surface area contributed by atoms with Gasteiger partial charge in [0.2, 0.25) is 0 Å². The molecule has 0 spiro atoms. The molecule has 0 aliphatic carbocycles. The van der Waals surface area contributed by atoms with Crippen molar-refractivity contribution in [1.82, 2.24) is 5.32 Å². The molecule has 2 atom stereocenters. The van der Waals surface area contributed by atoms with E-state index in [4.69, 9.17) is 21.4 Å². The average Bonchev–Trinajstić information content (AvgIpc) is 2.31. The summed E-state index contributed by atoms with van der Waals surface area (Å²) in [5.41, 5.74) is 0.991. The van der Waals surface area contributed by atoms with Crippen LogP contribution in [0.15, 0.2) is 18.2 Å². The first-order chi connectivity index (χ1) is 8.06. The minimum atomic E-state index is -0.146. The molecule has 0 aromatic heterocycles. The van der Waals surface area contributed by atoms with Crippen LogP contribution < -0.4 is 10.1 Å². The lowest BCUT2D eigenvalue weighted by molar-refractivity contribution is 0.137. The van der Waals surface area contributed by atoms with Crippen molar-refractivity contribution in [1.29, 1.82) is 0 Å². The van der Waals surface area contributed by atoms with Crippen molar-refractivity contribution >= 4 is 24.0 Å². The molecule has 0 aliphatic rings. The van der Waals surface area contributed by atoms with Crippen LogP contribution in [0.25, 0.3) is 0 Å². The van der Waals surface area contributed by atoms with Crippen LogP contribution in [0.4, 0.5) is 0 Å². The summed E-state index contributed by atoms with van der Waals surface area (Å²) in [6, 6.07) is 5.63. The molecule has 5 heteroatoms. The van der Waals surface area contributed by atoms with Gasteiger partial charge in [-0.2, -0.15) is 0 Å². The molecule has 0 bridgehead atoms. The Morgan fingerprint density at radius 1 is 1.44 bits per heavy atom. The molecule has 1 rings (SSSR count). The number of aliphatic hydroxyl groups is 1. The van der Waals surface area contributed by atoms with Crippen molar-refractivity contribution < 1.29 is 9.84 Å². The van der Waals surface area contributed by atoms with Crippen LogP contribution in [0.5, 0.6) is 5.75 Å². The molecular weight excluding hydrogens is 273 g/mol. The summed E-state index contributed by atoms with van der Waals surface area (Å²) in [5, 5.41) is 13.0. The highest BCUT2D eigenvalue weighted by Gasteiger charge is 2.10. The largest absolute Gasteiger partial charge is 0.476 e. The molecule has 2 N–H and O–H groups in total. The first-order valence-electron chi connectivity index (χ1n) is 5.86. The summed E-state index contributed by atoms with van der Waals surface area (Å²) in [6.45, 7) is 6.00. The molecule has 0 saturated heterocycles. The standard InChI is InChI=1S/C13H20ClNO2.ClH/c1-4-11(8-16)15-10(3)17-12-5-6-13(14)9(2)7-12;/h5-7,10-11,15-16H,4,8H2,1-3H3;1H/t10?,11-;/m0./s1. The molecule has 0 fully saturated rings. The number of rotatable bonds is 6. The quantitative estimate of drug-likeness (QED) is 0.792. The fourth-order valence-electron chi connectivity index (χ4n) is 1.56. The summed E-state index contributed by atoms with van der Waals surface area (Å²) in [6.07, 6.45) is 0.719. The average molecular weight is 294 g/mol. The van der Waals surface area contributed by atoms with E-state index in [0.29, 0.717) is 0 Å². The Balaban J connectivity index is 0.00000289. The van der Waals surface area contributed by atoms with Crippen molar-refractivity contribution in [3.63, 3.8) is 0 Å². The topological polar surface area (TPSA) is 41.5 Å². The Bertz CT molecular complexity index is 357. The number of hydrogen-bond acceptors (Lipinski definition) is 3. The number of aryl methyl sites for hydroxylation is 1. The third-order valence-corrected chi connectivity index (χ3v) is 3.05. The Morgan fingerprint density at radius 3 is 2.61 bits per heavy atom. The summed E-state index contributed by atoms with van der Waals surface area (Å²) in [4.78, 5) is 0. The van der Waals surface area contributed by atoms with Crippen LogP contribution in [0, 0.1) is 6.92 Å². The SMILES string of the molecule is CC[C@@H](CO)NC(C)Oc1ccc(Cl)c(C)c1.Cl. The van der Waals surface area contributed by atoms with Crippen molar-refractivity contribution in [2.45, 2.75) is 39.5 Å². The molecule has 0 saturated carbocycles. The molecule has 0 heterocycles. The first-order valence-corrected chi connectivity index (χ1v) is 6.24. The Labute approximate surface area is 120 Å². The molecule has 0 amide bonds. The summed E-state index contributed by atoms with van der Waals surface area (Å²) in [5.74, 6) is 0.777. The van der Waals surface area contributed by atoms with Crippen LogP contribution in [0.3, 0.4) is 0 Å². The Kier molecular flexibility index (Phi) is 8.36. The van der Waals surface area contributed by atoms with Gasteiger partial charge in [-0.25, -0.2) is 0 Å². The molecule has 0 radical (unpaired) electrons. The number of halogens is 2. The van der Waals surface area contributed by atoms with E-state index >= 15 is 0 Å². The van der Waals surface area contributed by atoms with E-state index in [1.54, 1.807) is 0 Å². The van der Waals surface area contributed by atoms with Gasteiger partial charge in [0.05, 0.1) is 6.61 Å². The van der Waals surface area contributed by atoms with E-state index in [0.717, 1.165) is 22.8 Å². The number of nitrogens with one attached hydrogen (secondary N) is 1. The Morgan fingerprint density at radius 2 is 2.11 bits per heavy atom. The number of aliphatic hydroxyl groups excluding tert-OH is 1. The van der Waals surface area contributed by atoms with Crippen molar-refractivity contribution in [2.24, 2.45) is 0 Å². The van der Waals surface area contributed by atoms with Gasteiger partial charge in [0.1, 0.15) is 12.0 Å². The van der Waals surface area contributed by atoms with Gasteiger partial charge in [-0.15, -0.1) is 12.4 Å². The van der Waals surface area contributed by atoms with E-state index in [-0.39, 0.29) is 31.3 Å². The molecule has 0 aliphatic heterocycles. The second-order valence-electron chi connectivity index (χ2n) is 4.13.